The lowest BCUT2D eigenvalue weighted by Gasteiger charge is -2.45. The van der Waals surface area contributed by atoms with Gasteiger partial charge in [0, 0.05) is 5.54 Å². The van der Waals surface area contributed by atoms with Gasteiger partial charge in [0.1, 0.15) is 23.9 Å². The Kier molecular flexibility index (Phi) is 7.65. The van der Waals surface area contributed by atoms with Crippen molar-refractivity contribution in [3.05, 3.63) is 70.0 Å². The van der Waals surface area contributed by atoms with Crippen LogP contribution in [0, 0.1) is 17.7 Å². The van der Waals surface area contributed by atoms with Crippen molar-refractivity contribution < 1.29 is 18.8 Å². The molecule has 3 amide bonds. The van der Waals surface area contributed by atoms with Gasteiger partial charge in [0.05, 0.1) is 5.02 Å². The number of nitrogens with zero attached hydrogens (tertiary/aromatic N) is 1. The number of halogens is 2. The van der Waals surface area contributed by atoms with Crippen molar-refractivity contribution in [1.29, 1.82) is 0 Å². The topological polar surface area (TPSA) is 78.5 Å². The lowest BCUT2D eigenvalue weighted by molar-refractivity contribution is -0.158. The number of benzene rings is 2. The molecule has 0 saturated carbocycles. The first-order valence-electron chi connectivity index (χ1n) is 12.8. The molecule has 0 unspecified atom stereocenters. The average molecular weight is 528 g/mol. The minimum atomic E-state index is -1.19. The van der Waals surface area contributed by atoms with Crippen LogP contribution in [0.15, 0.2) is 42.5 Å². The highest BCUT2D eigenvalue weighted by molar-refractivity contribution is 6.30. The van der Waals surface area contributed by atoms with Gasteiger partial charge in [-0.15, -0.1) is 0 Å². The summed E-state index contributed by atoms with van der Waals surface area (Å²) in [6, 6.07) is 9.27. The van der Waals surface area contributed by atoms with E-state index in [1.54, 1.807) is 6.07 Å². The Hall–Kier alpha value is -2.93. The van der Waals surface area contributed by atoms with E-state index < -0.39 is 35.4 Å². The third-order valence-corrected chi connectivity index (χ3v) is 7.30. The quantitative estimate of drug-likeness (QED) is 0.576. The molecule has 2 aliphatic rings. The van der Waals surface area contributed by atoms with Gasteiger partial charge in [0.2, 0.25) is 17.7 Å². The molecule has 2 aromatic carbocycles. The third kappa shape index (κ3) is 5.82. The van der Waals surface area contributed by atoms with Crippen molar-refractivity contribution in [1.82, 2.24) is 15.5 Å². The Balaban J connectivity index is 1.78. The van der Waals surface area contributed by atoms with E-state index in [2.05, 4.69) is 10.6 Å². The number of rotatable bonds is 6. The first-order chi connectivity index (χ1) is 17.4. The van der Waals surface area contributed by atoms with Crippen molar-refractivity contribution >= 4 is 29.3 Å². The summed E-state index contributed by atoms with van der Waals surface area (Å²) in [5.74, 6) is -1.84. The highest BCUT2D eigenvalue weighted by atomic mass is 35.5. The molecule has 2 N–H and O–H groups in total. The summed E-state index contributed by atoms with van der Waals surface area (Å²) in [4.78, 5) is 43.0. The molecule has 1 fully saturated rings. The van der Waals surface area contributed by atoms with Gasteiger partial charge in [-0.1, -0.05) is 55.8 Å². The van der Waals surface area contributed by atoms with Gasteiger partial charge in [-0.2, -0.15) is 0 Å². The fraction of sp³-hybridized carbons (Fsp3) is 0.483. The van der Waals surface area contributed by atoms with Crippen molar-refractivity contribution in [3.8, 4) is 0 Å². The van der Waals surface area contributed by atoms with E-state index in [9.17, 15) is 18.8 Å². The Morgan fingerprint density at radius 2 is 1.76 bits per heavy atom. The molecule has 6 nitrogen and oxygen atoms in total. The predicted octanol–water partition coefficient (Wildman–Crippen LogP) is 4.59. The van der Waals surface area contributed by atoms with Gasteiger partial charge >= 0.3 is 0 Å². The van der Waals surface area contributed by atoms with E-state index in [-0.39, 0.29) is 34.2 Å². The molecule has 8 heteroatoms. The van der Waals surface area contributed by atoms with E-state index in [0.717, 1.165) is 11.1 Å². The fourth-order valence-corrected chi connectivity index (χ4v) is 5.55. The Labute approximate surface area is 222 Å². The zero-order chi connectivity index (χ0) is 27.1. The van der Waals surface area contributed by atoms with Gasteiger partial charge in [-0.05, 0) is 80.7 Å². The summed E-state index contributed by atoms with van der Waals surface area (Å²) in [6.07, 6.45) is 1.68. The summed E-state index contributed by atoms with van der Waals surface area (Å²) >= 11 is 5.94. The van der Waals surface area contributed by atoms with Crippen LogP contribution >= 0.6 is 11.6 Å². The third-order valence-electron chi connectivity index (χ3n) is 6.99. The highest BCUT2D eigenvalue weighted by Crippen LogP contribution is 2.36. The monoisotopic (exact) mass is 527 g/mol. The molecule has 4 rings (SSSR count). The molecule has 1 aliphatic heterocycles. The maximum Gasteiger partial charge on any atom is 0.247 e. The van der Waals surface area contributed by atoms with Crippen LogP contribution in [0.25, 0.3) is 0 Å². The largest absolute Gasteiger partial charge is 0.349 e. The van der Waals surface area contributed by atoms with Crippen LogP contribution in [0.3, 0.4) is 0 Å². The molecule has 0 spiro atoms. The Morgan fingerprint density at radius 1 is 1.14 bits per heavy atom. The van der Waals surface area contributed by atoms with Gasteiger partial charge in [-0.3, -0.25) is 14.4 Å². The number of nitrogens with one attached hydrogen (secondary N) is 2. The molecular weight excluding hydrogens is 493 g/mol. The van der Waals surface area contributed by atoms with E-state index in [0.29, 0.717) is 19.3 Å². The summed E-state index contributed by atoms with van der Waals surface area (Å²) in [6.45, 7) is 9.42. The van der Waals surface area contributed by atoms with Crippen LogP contribution in [0.4, 0.5) is 4.39 Å². The van der Waals surface area contributed by atoms with E-state index >= 15 is 0 Å². The first kappa shape index (κ1) is 27.1. The van der Waals surface area contributed by atoms with E-state index in [1.165, 1.54) is 17.0 Å². The van der Waals surface area contributed by atoms with Gasteiger partial charge < -0.3 is 15.5 Å². The summed E-state index contributed by atoms with van der Waals surface area (Å²) in [5, 5.41) is 5.84. The number of piperazine rings is 1. The molecule has 1 heterocycles. The second-order valence-corrected chi connectivity index (χ2v) is 12.0. The maximum absolute atomic E-state index is 14.6. The van der Waals surface area contributed by atoms with E-state index in [4.69, 9.17) is 11.6 Å². The smallest absolute Gasteiger partial charge is 0.247 e. The SMILES string of the molecule is CC(C)C[C@@H]1C(=O)N[C@H](C2Cc3ccccc3C2)C(=O)N1[C@@H](C(=O)NC(C)(C)C)c1ccc(Cl)c(F)c1. The zero-order valence-corrected chi connectivity index (χ0v) is 22.7. The minimum absolute atomic E-state index is 0.0756. The van der Waals surface area contributed by atoms with Crippen molar-refractivity contribution in [3.63, 3.8) is 0 Å². The normalized spacial score (nSPS) is 21.1. The van der Waals surface area contributed by atoms with Crippen molar-refractivity contribution in [2.45, 2.75) is 77.5 Å². The first-order valence-corrected chi connectivity index (χ1v) is 13.2. The van der Waals surface area contributed by atoms with Crippen LogP contribution in [0.1, 0.15) is 63.8 Å². The number of fused-ring (bicyclic) bond motifs is 1. The zero-order valence-electron chi connectivity index (χ0n) is 22.0. The molecule has 0 bridgehead atoms. The van der Waals surface area contributed by atoms with E-state index in [1.807, 2.05) is 58.9 Å². The molecule has 2 aromatic rings. The average Bonchev–Trinajstić information content (AvgIpc) is 3.23. The molecule has 1 saturated heterocycles. The van der Waals surface area contributed by atoms with Gasteiger partial charge in [0.15, 0.2) is 0 Å². The standard InChI is InChI=1S/C29H35ClFN3O3/c1-16(2)12-23-26(35)32-24(20-13-17-8-6-7-9-18(17)14-20)28(37)34(23)25(27(36)33-29(3,4)5)19-10-11-21(30)22(31)15-19/h6-11,15-16,20,23-25H,12-14H2,1-5H3,(H,32,35)(H,33,36)/t23-,24-,25-/m1/s1. The minimum Gasteiger partial charge on any atom is -0.349 e. The van der Waals surface area contributed by atoms with Crippen molar-refractivity contribution in [2.24, 2.45) is 11.8 Å². The molecule has 1 aliphatic carbocycles. The van der Waals surface area contributed by atoms with Crippen molar-refractivity contribution in [2.75, 3.05) is 0 Å². The predicted molar refractivity (Wildman–Crippen MR) is 141 cm³/mol. The summed E-state index contributed by atoms with van der Waals surface area (Å²) < 4.78 is 14.6. The molecule has 3 atom stereocenters. The van der Waals surface area contributed by atoms with Crippen LogP contribution in [0.5, 0.6) is 0 Å². The van der Waals surface area contributed by atoms with Crippen LogP contribution in [0.2, 0.25) is 5.02 Å². The summed E-state index contributed by atoms with van der Waals surface area (Å²) in [5.41, 5.74) is 1.98. The fourth-order valence-electron chi connectivity index (χ4n) is 5.43. The van der Waals surface area contributed by atoms with Crippen LogP contribution < -0.4 is 10.6 Å². The van der Waals surface area contributed by atoms with Gasteiger partial charge in [0.25, 0.3) is 0 Å². The maximum atomic E-state index is 14.6. The molecular formula is C29H35ClFN3O3. The number of hydrogen-bond acceptors (Lipinski definition) is 3. The number of hydrogen-bond donors (Lipinski definition) is 2. The second-order valence-electron chi connectivity index (χ2n) is 11.6. The number of carbonyl (C=O) groups excluding carboxylic acids is 3. The van der Waals surface area contributed by atoms with Crippen LogP contribution in [-0.4, -0.2) is 40.2 Å². The summed E-state index contributed by atoms with van der Waals surface area (Å²) in [7, 11) is 0. The van der Waals surface area contributed by atoms with Crippen LogP contribution in [-0.2, 0) is 27.2 Å². The molecule has 0 aromatic heterocycles. The molecule has 37 heavy (non-hydrogen) atoms. The highest BCUT2D eigenvalue weighted by Gasteiger charge is 2.49. The number of carbonyl (C=O) groups is 3. The number of amides is 3. The lowest BCUT2D eigenvalue weighted by Crippen LogP contribution is -2.67. The van der Waals surface area contributed by atoms with Gasteiger partial charge in [-0.25, -0.2) is 4.39 Å². The molecule has 198 valence electrons. The Bertz CT molecular complexity index is 1180. The lowest BCUT2D eigenvalue weighted by atomic mass is 9.87. The molecule has 0 radical (unpaired) electrons. The second kappa shape index (κ2) is 10.4. The Morgan fingerprint density at radius 3 is 2.30 bits per heavy atom.